The molecule has 3 rings (SSSR count). The van der Waals surface area contributed by atoms with E-state index in [1.807, 2.05) is 30.3 Å². The molecule has 0 saturated carbocycles. The van der Waals surface area contributed by atoms with Crippen LogP contribution >= 0.6 is 0 Å². The van der Waals surface area contributed by atoms with Crippen LogP contribution in [0, 0.1) is 0 Å². The van der Waals surface area contributed by atoms with Gasteiger partial charge in [0.05, 0.1) is 18.1 Å². The molecule has 0 atom stereocenters. The molecular weight excluding hydrogens is 354 g/mol. The summed E-state index contributed by atoms with van der Waals surface area (Å²) >= 11 is 0. The van der Waals surface area contributed by atoms with Crippen LogP contribution in [0.25, 0.3) is 0 Å². The molecule has 138 valence electrons. The molecule has 0 aromatic heterocycles. The van der Waals surface area contributed by atoms with Crippen LogP contribution in [0.1, 0.15) is 12.0 Å². The Morgan fingerprint density at radius 3 is 2.31 bits per heavy atom. The maximum absolute atomic E-state index is 12.5. The minimum atomic E-state index is -3.54. The predicted octanol–water partition coefficient (Wildman–Crippen LogP) is 2.25. The second-order valence-corrected chi connectivity index (χ2v) is 7.89. The molecule has 1 fully saturated rings. The molecule has 0 aliphatic carbocycles. The van der Waals surface area contributed by atoms with Crippen LogP contribution in [0.5, 0.6) is 5.75 Å². The Kier molecular flexibility index (Phi) is 6.03. The van der Waals surface area contributed by atoms with Crippen LogP contribution < -0.4 is 4.74 Å². The third-order valence-electron chi connectivity index (χ3n) is 4.12. The average molecular weight is 375 g/mol. The Hall–Kier alpha value is -2.22. The fourth-order valence-corrected chi connectivity index (χ4v) is 4.10. The highest BCUT2D eigenvalue weighted by Crippen LogP contribution is 2.21. The Morgan fingerprint density at radius 2 is 1.65 bits per heavy atom. The maximum Gasteiger partial charge on any atom is 0.311 e. The van der Waals surface area contributed by atoms with Gasteiger partial charge in [-0.1, -0.05) is 30.3 Å². The van der Waals surface area contributed by atoms with Gasteiger partial charge in [-0.05, 0) is 36.2 Å². The summed E-state index contributed by atoms with van der Waals surface area (Å²) in [7, 11) is -3.54. The second-order valence-electron chi connectivity index (χ2n) is 5.95. The number of ether oxygens (including phenoxy) is 2. The number of nitrogens with zero attached hydrogens (tertiary/aromatic N) is 1. The summed E-state index contributed by atoms with van der Waals surface area (Å²) in [6.45, 7) is 1.49. The molecule has 26 heavy (non-hydrogen) atoms. The van der Waals surface area contributed by atoms with Crippen molar-refractivity contribution in [3.8, 4) is 5.75 Å². The third-order valence-corrected chi connectivity index (χ3v) is 6.04. The zero-order chi connectivity index (χ0) is 18.4. The van der Waals surface area contributed by atoms with Gasteiger partial charge in [0, 0.05) is 19.5 Å². The fraction of sp³-hybridized carbons (Fsp3) is 0.316. The predicted molar refractivity (Wildman–Crippen MR) is 96.4 cm³/mol. The van der Waals surface area contributed by atoms with Crippen molar-refractivity contribution in [3.05, 3.63) is 60.2 Å². The number of hydrogen-bond donors (Lipinski definition) is 0. The lowest BCUT2D eigenvalue weighted by atomic mass is 10.1. The van der Waals surface area contributed by atoms with E-state index in [1.165, 1.54) is 28.6 Å². The SMILES string of the molecule is O=C(CCc1ccccc1)Oc1ccc(S(=O)(=O)N2CCOCC2)cc1. The molecule has 0 amide bonds. The molecule has 2 aromatic rings. The van der Waals surface area contributed by atoms with Crippen LogP contribution in [0.4, 0.5) is 0 Å². The van der Waals surface area contributed by atoms with Crippen molar-refractivity contribution >= 4 is 16.0 Å². The van der Waals surface area contributed by atoms with Gasteiger partial charge in [-0.25, -0.2) is 8.42 Å². The molecule has 7 heteroatoms. The van der Waals surface area contributed by atoms with E-state index < -0.39 is 10.0 Å². The lowest BCUT2D eigenvalue weighted by molar-refractivity contribution is -0.134. The van der Waals surface area contributed by atoms with Crippen LogP contribution in [0.15, 0.2) is 59.5 Å². The molecule has 1 heterocycles. The highest BCUT2D eigenvalue weighted by Gasteiger charge is 2.26. The number of hydrogen-bond acceptors (Lipinski definition) is 5. The van der Waals surface area contributed by atoms with Crippen LogP contribution in [-0.2, 0) is 26.0 Å². The first-order chi connectivity index (χ1) is 12.6. The topological polar surface area (TPSA) is 72.9 Å². The van der Waals surface area contributed by atoms with Gasteiger partial charge in [-0.15, -0.1) is 0 Å². The van der Waals surface area contributed by atoms with Gasteiger partial charge in [0.2, 0.25) is 10.0 Å². The smallest absolute Gasteiger partial charge is 0.311 e. The monoisotopic (exact) mass is 375 g/mol. The Balaban J connectivity index is 1.58. The highest BCUT2D eigenvalue weighted by atomic mass is 32.2. The van der Waals surface area contributed by atoms with Crippen molar-refractivity contribution in [1.82, 2.24) is 4.31 Å². The van der Waals surface area contributed by atoms with Crippen molar-refractivity contribution in [2.75, 3.05) is 26.3 Å². The van der Waals surface area contributed by atoms with E-state index in [1.54, 1.807) is 0 Å². The summed E-state index contributed by atoms with van der Waals surface area (Å²) < 4.78 is 37.0. The van der Waals surface area contributed by atoms with Crippen molar-refractivity contribution in [2.24, 2.45) is 0 Å². The first kappa shape index (κ1) is 18.6. The van der Waals surface area contributed by atoms with Crippen LogP contribution in [-0.4, -0.2) is 45.0 Å². The quantitative estimate of drug-likeness (QED) is 0.572. The molecule has 1 saturated heterocycles. The van der Waals surface area contributed by atoms with E-state index >= 15 is 0 Å². The number of carbonyl (C=O) groups is 1. The summed E-state index contributed by atoms with van der Waals surface area (Å²) in [5.41, 5.74) is 1.07. The zero-order valence-electron chi connectivity index (χ0n) is 14.3. The summed E-state index contributed by atoms with van der Waals surface area (Å²) in [4.78, 5) is 12.1. The van der Waals surface area contributed by atoms with Crippen LogP contribution in [0.3, 0.4) is 0 Å². The van der Waals surface area contributed by atoms with E-state index in [4.69, 9.17) is 9.47 Å². The summed E-state index contributed by atoms with van der Waals surface area (Å²) in [5.74, 6) is -0.0124. The van der Waals surface area contributed by atoms with E-state index in [0.29, 0.717) is 38.5 Å². The Labute approximate surface area is 153 Å². The van der Waals surface area contributed by atoms with Gasteiger partial charge in [-0.2, -0.15) is 4.31 Å². The molecule has 6 nitrogen and oxygen atoms in total. The number of morpholine rings is 1. The van der Waals surface area contributed by atoms with E-state index in [2.05, 4.69) is 0 Å². The van der Waals surface area contributed by atoms with Crippen LogP contribution in [0.2, 0.25) is 0 Å². The number of benzene rings is 2. The standard InChI is InChI=1S/C19H21NO5S/c21-19(11-6-16-4-2-1-3-5-16)25-17-7-9-18(10-8-17)26(22,23)20-12-14-24-15-13-20/h1-5,7-10H,6,11-15H2. The zero-order valence-corrected chi connectivity index (χ0v) is 15.2. The third kappa shape index (κ3) is 4.69. The maximum atomic E-state index is 12.5. The van der Waals surface area contributed by atoms with Gasteiger partial charge in [0.1, 0.15) is 5.75 Å². The first-order valence-electron chi connectivity index (χ1n) is 8.48. The van der Waals surface area contributed by atoms with Gasteiger partial charge < -0.3 is 9.47 Å². The lowest BCUT2D eigenvalue weighted by Gasteiger charge is -2.26. The molecule has 0 radical (unpaired) electrons. The van der Waals surface area contributed by atoms with Crippen molar-refractivity contribution < 1.29 is 22.7 Å². The minimum Gasteiger partial charge on any atom is -0.427 e. The Bertz CT molecular complexity index is 828. The summed E-state index contributed by atoms with van der Waals surface area (Å²) in [5, 5.41) is 0. The van der Waals surface area contributed by atoms with E-state index in [9.17, 15) is 13.2 Å². The van der Waals surface area contributed by atoms with Gasteiger partial charge in [0.15, 0.2) is 0 Å². The molecule has 2 aromatic carbocycles. The Morgan fingerprint density at radius 1 is 1.00 bits per heavy atom. The van der Waals surface area contributed by atoms with Gasteiger partial charge in [0.25, 0.3) is 0 Å². The largest absolute Gasteiger partial charge is 0.427 e. The molecular formula is C19H21NO5S. The van der Waals surface area contributed by atoms with Crippen molar-refractivity contribution in [2.45, 2.75) is 17.7 Å². The molecule has 1 aliphatic rings. The first-order valence-corrected chi connectivity index (χ1v) is 9.92. The minimum absolute atomic E-state index is 0.184. The van der Waals surface area contributed by atoms with E-state index in [0.717, 1.165) is 5.56 Å². The number of carbonyl (C=O) groups excluding carboxylic acids is 1. The number of aryl methyl sites for hydroxylation is 1. The highest BCUT2D eigenvalue weighted by molar-refractivity contribution is 7.89. The van der Waals surface area contributed by atoms with Crippen molar-refractivity contribution in [1.29, 1.82) is 0 Å². The fourth-order valence-electron chi connectivity index (χ4n) is 2.69. The molecule has 0 spiro atoms. The van der Waals surface area contributed by atoms with Gasteiger partial charge in [-0.3, -0.25) is 4.79 Å². The summed E-state index contributed by atoms with van der Waals surface area (Å²) in [6.07, 6.45) is 0.862. The number of sulfonamides is 1. The lowest BCUT2D eigenvalue weighted by Crippen LogP contribution is -2.40. The molecule has 0 unspecified atom stereocenters. The molecule has 0 N–H and O–H groups in total. The van der Waals surface area contributed by atoms with E-state index in [-0.39, 0.29) is 17.3 Å². The second kappa shape index (κ2) is 8.44. The molecule has 1 aliphatic heterocycles. The van der Waals surface area contributed by atoms with Crippen molar-refractivity contribution in [3.63, 3.8) is 0 Å². The summed E-state index contributed by atoms with van der Waals surface area (Å²) in [6, 6.07) is 15.6. The number of esters is 1. The average Bonchev–Trinajstić information content (AvgIpc) is 2.68. The molecule has 0 bridgehead atoms. The normalized spacial score (nSPS) is 15.5. The van der Waals surface area contributed by atoms with Gasteiger partial charge >= 0.3 is 5.97 Å². The number of rotatable bonds is 6.